The molecule has 0 unspecified atom stereocenters. The summed E-state index contributed by atoms with van der Waals surface area (Å²) in [6.45, 7) is 1.72. The first-order valence-electron chi connectivity index (χ1n) is 3.61. The first-order chi connectivity index (χ1) is 6.07. The third-order valence-electron chi connectivity index (χ3n) is 1.78. The second kappa shape index (κ2) is 3.99. The summed E-state index contributed by atoms with van der Waals surface area (Å²) < 4.78 is 4.98. The lowest BCUT2D eigenvalue weighted by molar-refractivity contribution is 0.107. The summed E-state index contributed by atoms with van der Waals surface area (Å²) in [5, 5.41) is -0.0540. The van der Waals surface area contributed by atoms with E-state index < -0.39 is 5.24 Å². The summed E-state index contributed by atoms with van der Waals surface area (Å²) >= 11 is 11.2. The van der Waals surface area contributed by atoms with Crippen LogP contribution in [0, 0.1) is 6.92 Å². The van der Waals surface area contributed by atoms with E-state index in [0.29, 0.717) is 21.9 Å². The van der Waals surface area contributed by atoms with Crippen LogP contribution in [-0.2, 0) is 0 Å². The third kappa shape index (κ3) is 1.95. The molecule has 0 aliphatic rings. The predicted octanol–water partition coefficient (Wildman–Crippen LogP) is 3.04. The van der Waals surface area contributed by atoms with Gasteiger partial charge in [0.05, 0.1) is 12.7 Å². The monoisotopic (exact) mass is 218 g/mol. The van der Waals surface area contributed by atoms with Crippen LogP contribution in [0.25, 0.3) is 0 Å². The Labute approximate surface area is 86.4 Å². The van der Waals surface area contributed by atoms with Crippen molar-refractivity contribution in [1.82, 2.24) is 0 Å². The highest BCUT2D eigenvalue weighted by atomic mass is 35.5. The summed E-state index contributed by atoms with van der Waals surface area (Å²) in [6.07, 6.45) is 0. The van der Waals surface area contributed by atoms with E-state index in [9.17, 15) is 4.79 Å². The van der Waals surface area contributed by atoms with Gasteiger partial charge in [0.2, 0.25) is 0 Å². The minimum atomic E-state index is -0.558. The SMILES string of the molecule is COc1ccc(Cl)c(C)c1C(=O)Cl. The molecular weight excluding hydrogens is 211 g/mol. The van der Waals surface area contributed by atoms with E-state index in [2.05, 4.69) is 0 Å². The number of carbonyl (C=O) groups excluding carboxylic acids is 1. The zero-order valence-corrected chi connectivity index (χ0v) is 8.74. The molecule has 0 amide bonds. The van der Waals surface area contributed by atoms with Gasteiger partial charge in [0.15, 0.2) is 0 Å². The molecule has 0 saturated carbocycles. The molecule has 0 heterocycles. The van der Waals surface area contributed by atoms with E-state index >= 15 is 0 Å². The van der Waals surface area contributed by atoms with Gasteiger partial charge in [0, 0.05) is 5.02 Å². The molecule has 1 aromatic carbocycles. The quantitative estimate of drug-likeness (QED) is 0.714. The zero-order valence-electron chi connectivity index (χ0n) is 7.23. The maximum Gasteiger partial charge on any atom is 0.256 e. The molecule has 2 nitrogen and oxygen atoms in total. The maximum atomic E-state index is 11.0. The van der Waals surface area contributed by atoms with Crippen molar-refractivity contribution in [1.29, 1.82) is 0 Å². The van der Waals surface area contributed by atoms with Crippen LogP contribution in [-0.4, -0.2) is 12.4 Å². The van der Waals surface area contributed by atoms with Crippen LogP contribution >= 0.6 is 23.2 Å². The van der Waals surface area contributed by atoms with Crippen LogP contribution in [0.4, 0.5) is 0 Å². The Hall–Kier alpha value is -0.730. The van der Waals surface area contributed by atoms with Gasteiger partial charge in [-0.25, -0.2) is 0 Å². The van der Waals surface area contributed by atoms with Crippen LogP contribution in [0.1, 0.15) is 15.9 Å². The van der Waals surface area contributed by atoms with Crippen molar-refractivity contribution >= 4 is 28.4 Å². The Morgan fingerprint density at radius 3 is 2.54 bits per heavy atom. The van der Waals surface area contributed by atoms with Gasteiger partial charge in [-0.2, -0.15) is 0 Å². The smallest absolute Gasteiger partial charge is 0.256 e. The number of hydrogen-bond acceptors (Lipinski definition) is 2. The van der Waals surface area contributed by atoms with Gasteiger partial charge in [-0.15, -0.1) is 0 Å². The molecular formula is C9H8Cl2O2. The second-order valence-corrected chi connectivity index (χ2v) is 3.27. The van der Waals surface area contributed by atoms with Crippen LogP contribution in [0.3, 0.4) is 0 Å². The van der Waals surface area contributed by atoms with E-state index in [-0.39, 0.29) is 0 Å². The Bertz CT molecular complexity index is 348. The normalized spacial score (nSPS) is 9.85. The maximum absolute atomic E-state index is 11.0. The number of hydrogen-bond donors (Lipinski definition) is 0. The van der Waals surface area contributed by atoms with Crippen molar-refractivity contribution in [2.45, 2.75) is 6.92 Å². The molecule has 0 radical (unpaired) electrons. The number of halogens is 2. The van der Waals surface area contributed by atoms with Crippen LogP contribution in [0.5, 0.6) is 5.75 Å². The van der Waals surface area contributed by atoms with Gasteiger partial charge in [0.25, 0.3) is 5.24 Å². The Balaban J connectivity index is 3.41. The molecule has 0 spiro atoms. The summed E-state index contributed by atoms with van der Waals surface area (Å²) in [5.74, 6) is 0.446. The van der Waals surface area contributed by atoms with Crippen LogP contribution in [0.2, 0.25) is 5.02 Å². The van der Waals surface area contributed by atoms with E-state index in [4.69, 9.17) is 27.9 Å². The number of benzene rings is 1. The fourth-order valence-electron chi connectivity index (χ4n) is 1.08. The summed E-state index contributed by atoms with van der Waals surface area (Å²) in [4.78, 5) is 11.0. The minimum absolute atomic E-state index is 0.330. The molecule has 0 bridgehead atoms. The summed E-state index contributed by atoms with van der Waals surface area (Å²) in [6, 6.07) is 3.28. The highest BCUT2D eigenvalue weighted by molar-refractivity contribution is 6.68. The van der Waals surface area contributed by atoms with E-state index in [1.54, 1.807) is 19.1 Å². The van der Waals surface area contributed by atoms with Gasteiger partial charge in [-0.1, -0.05) is 11.6 Å². The Kier molecular flexibility index (Phi) is 3.17. The van der Waals surface area contributed by atoms with E-state index in [1.165, 1.54) is 7.11 Å². The molecule has 0 aromatic heterocycles. The van der Waals surface area contributed by atoms with Gasteiger partial charge < -0.3 is 4.74 Å². The third-order valence-corrected chi connectivity index (χ3v) is 2.38. The van der Waals surface area contributed by atoms with Crippen molar-refractivity contribution in [2.75, 3.05) is 7.11 Å². The average molecular weight is 219 g/mol. The van der Waals surface area contributed by atoms with E-state index in [0.717, 1.165) is 0 Å². The molecule has 13 heavy (non-hydrogen) atoms. The van der Waals surface area contributed by atoms with Crippen molar-refractivity contribution in [3.8, 4) is 5.75 Å². The minimum Gasteiger partial charge on any atom is -0.496 e. The lowest BCUT2D eigenvalue weighted by Gasteiger charge is -2.08. The fraction of sp³-hybridized carbons (Fsp3) is 0.222. The standard InChI is InChI=1S/C9H8Cl2O2/c1-5-6(10)3-4-7(13-2)8(5)9(11)12/h3-4H,1-2H3. The first-order valence-corrected chi connectivity index (χ1v) is 4.36. The summed E-state index contributed by atoms with van der Waals surface area (Å²) in [7, 11) is 1.48. The van der Waals surface area contributed by atoms with Crippen molar-refractivity contribution < 1.29 is 9.53 Å². The molecule has 0 aliphatic carbocycles. The largest absolute Gasteiger partial charge is 0.496 e. The van der Waals surface area contributed by atoms with Crippen LogP contribution < -0.4 is 4.74 Å². The van der Waals surface area contributed by atoms with Gasteiger partial charge in [-0.05, 0) is 36.2 Å². The number of methoxy groups -OCH3 is 1. The summed E-state index contributed by atoms with van der Waals surface area (Å²) in [5.41, 5.74) is 0.970. The number of ether oxygens (including phenoxy) is 1. The topological polar surface area (TPSA) is 26.3 Å². The molecule has 0 atom stereocenters. The highest BCUT2D eigenvalue weighted by Gasteiger charge is 2.14. The lowest BCUT2D eigenvalue weighted by atomic mass is 10.1. The number of carbonyl (C=O) groups is 1. The molecule has 0 fully saturated rings. The first kappa shape index (κ1) is 10.4. The van der Waals surface area contributed by atoms with Crippen molar-refractivity contribution in [3.63, 3.8) is 0 Å². The average Bonchev–Trinajstić information content (AvgIpc) is 2.08. The highest BCUT2D eigenvalue weighted by Crippen LogP contribution is 2.29. The molecule has 1 rings (SSSR count). The zero-order chi connectivity index (χ0) is 10.0. The molecule has 1 aromatic rings. The molecule has 70 valence electrons. The van der Waals surface area contributed by atoms with Gasteiger partial charge >= 0.3 is 0 Å². The number of rotatable bonds is 2. The van der Waals surface area contributed by atoms with Crippen molar-refractivity contribution in [3.05, 3.63) is 28.3 Å². The van der Waals surface area contributed by atoms with Crippen LogP contribution in [0.15, 0.2) is 12.1 Å². The second-order valence-electron chi connectivity index (χ2n) is 2.52. The van der Waals surface area contributed by atoms with Gasteiger partial charge in [0.1, 0.15) is 5.75 Å². The molecule has 0 saturated heterocycles. The van der Waals surface area contributed by atoms with Gasteiger partial charge in [-0.3, -0.25) is 4.79 Å². The van der Waals surface area contributed by atoms with Crippen molar-refractivity contribution in [2.24, 2.45) is 0 Å². The molecule has 0 aliphatic heterocycles. The Morgan fingerprint density at radius 2 is 2.08 bits per heavy atom. The molecule has 4 heteroatoms. The lowest BCUT2D eigenvalue weighted by Crippen LogP contribution is -1.99. The fourth-order valence-corrected chi connectivity index (χ4v) is 1.47. The Morgan fingerprint density at radius 1 is 1.46 bits per heavy atom. The predicted molar refractivity (Wildman–Crippen MR) is 52.9 cm³/mol. The molecule has 0 N–H and O–H groups in total. The van der Waals surface area contributed by atoms with E-state index in [1.807, 2.05) is 0 Å².